The Morgan fingerprint density at radius 2 is 2.42 bits per heavy atom. The monoisotopic (exact) mass is 173 g/mol. The van der Waals surface area contributed by atoms with Crippen molar-refractivity contribution in [2.45, 2.75) is 20.0 Å². The molecule has 1 atom stereocenters. The molecule has 4 heteroatoms. The molecular weight excluding hydrogens is 157 g/mol. The molecule has 12 heavy (non-hydrogen) atoms. The maximum atomic E-state index is 13.0. The third kappa shape index (κ3) is 3.37. The SMILES string of the molecule is C=CNC(C)N(C)C(F)=NCC. The van der Waals surface area contributed by atoms with Crippen molar-refractivity contribution in [2.75, 3.05) is 13.6 Å². The molecule has 0 aromatic carbocycles. The fourth-order valence-electron chi connectivity index (χ4n) is 0.684. The molecule has 70 valence electrons. The molecule has 0 rings (SSSR count). The number of hydrogen-bond acceptors (Lipinski definition) is 2. The van der Waals surface area contributed by atoms with Crippen LogP contribution in [0.15, 0.2) is 17.8 Å². The van der Waals surface area contributed by atoms with Crippen LogP contribution in [-0.2, 0) is 0 Å². The topological polar surface area (TPSA) is 27.6 Å². The molecule has 0 aliphatic heterocycles. The highest BCUT2D eigenvalue weighted by Gasteiger charge is 2.10. The molecule has 1 N–H and O–H groups in total. The van der Waals surface area contributed by atoms with Gasteiger partial charge in [-0.1, -0.05) is 6.58 Å². The van der Waals surface area contributed by atoms with Crippen LogP contribution in [0.3, 0.4) is 0 Å². The smallest absolute Gasteiger partial charge is 0.281 e. The summed E-state index contributed by atoms with van der Waals surface area (Å²) in [4.78, 5) is 5.04. The standard InChI is InChI=1S/C8H16FN3/c1-5-10-7(3)12(4)8(9)11-6-2/h5,7,10H,1,6H2,2-4H3. The zero-order valence-corrected chi connectivity index (χ0v) is 7.84. The lowest BCUT2D eigenvalue weighted by molar-refractivity contribution is 0.327. The van der Waals surface area contributed by atoms with E-state index in [2.05, 4.69) is 16.9 Å². The van der Waals surface area contributed by atoms with E-state index in [9.17, 15) is 4.39 Å². The van der Waals surface area contributed by atoms with Crippen molar-refractivity contribution in [2.24, 2.45) is 4.99 Å². The number of amidine groups is 1. The molecule has 0 radical (unpaired) electrons. The second kappa shape index (κ2) is 5.57. The van der Waals surface area contributed by atoms with E-state index < -0.39 is 6.09 Å². The number of nitrogens with zero attached hydrogens (tertiary/aromatic N) is 2. The van der Waals surface area contributed by atoms with Crippen LogP contribution in [0.4, 0.5) is 4.39 Å². The first-order valence-electron chi connectivity index (χ1n) is 3.93. The molecule has 1 unspecified atom stereocenters. The second-order valence-corrected chi connectivity index (χ2v) is 2.40. The quantitative estimate of drug-likeness (QED) is 0.301. The molecule has 0 aliphatic carbocycles. The third-order valence-corrected chi connectivity index (χ3v) is 1.52. The van der Waals surface area contributed by atoms with E-state index in [1.54, 1.807) is 14.0 Å². The summed E-state index contributed by atoms with van der Waals surface area (Å²) in [7, 11) is 1.63. The van der Waals surface area contributed by atoms with E-state index in [-0.39, 0.29) is 6.17 Å². The first kappa shape index (κ1) is 10.9. The Morgan fingerprint density at radius 1 is 1.83 bits per heavy atom. The molecule has 0 heterocycles. The van der Waals surface area contributed by atoms with Crippen LogP contribution in [0.5, 0.6) is 0 Å². The summed E-state index contributed by atoms with van der Waals surface area (Å²) < 4.78 is 13.0. The molecule has 3 nitrogen and oxygen atoms in total. The number of halogens is 1. The fourth-order valence-corrected chi connectivity index (χ4v) is 0.684. The van der Waals surface area contributed by atoms with E-state index in [1.807, 2.05) is 6.92 Å². The lowest BCUT2D eigenvalue weighted by Crippen LogP contribution is -2.40. The van der Waals surface area contributed by atoms with Gasteiger partial charge in [0.05, 0.1) is 6.17 Å². The summed E-state index contributed by atoms with van der Waals surface area (Å²) in [6, 6.07) is 0. The predicted octanol–water partition coefficient (Wildman–Crippen LogP) is 1.34. The first-order valence-corrected chi connectivity index (χ1v) is 3.93. The highest BCUT2D eigenvalue weighted by Crippen LogP contribution is 1.95. The van der Waals surface area contributed by atoms with E-state index >= 15 is 0 Å². The van der Waals surface area contributed by atoms with Gasteiger partial charge in [0, 0.05) is 13.6 Å². The Hall–Kier alpha value is -1.06. The summed E-state index contributed by atoms with van der Waals surface area (Å²) in [5.74, 6) is 0. The van der Waals surface area contributed by atoms with Gasteiger partial charge in [-0.2, -0.15) is 4.39 Å². The van der Waals surface area contributed by atoms with Gasteiger partial charge in [-0.15, -0.1) is 0 Å². The zero-order chi connectivity index (χ0) is 9.56. The van der Waals surface area contributed by atoms with Crippen molar-refractivity contribution >= 4 is 6.09 Å². The van der Waals surface area contributed by atoms with Gasteiger partial charge in [0.25, 0.3) is 6.09 Å². The zero-order valence-electron chi connectivity index (χ0n) is 7.84. The van der Waals surface area contributed by atoms with Gasteiger partial charge in [-0.3, -0.25) is 0 Å². The average molecular weight is 173 g/mol. The maximum Gasteiger partial charge on any atom is 0.281 e. The molecular formula is C8H16FN3. The maximum absolute atomic E-state index is 13.0. The van der Waals surface area contributed by atoms with E-state index in [0.29, 0.717) is 6.54 Å². The van der Waals surface area contributed by atoms with Crippen molar-refractivity contribution in [1.82, 2.24) is 10.2 Å². The number of aliphatic imine (C=N–C) groups is 1. The predicted molar refractivity (Wildman–Crippen MR) is 49.6 cm³/mol. The van der Waals surface area contributed by atoms with Crippen LogP contribution in [0.25, 0.3) is 0 Å². The molecule has 0 saturated heterocycles. The van der Waals surface area contributed by atoms with E-state index in [0.717, 1.165) is 0 Å². The minimum Gasteiger partial charge on any atom is -0.372 e. The number of rotatable bonds is 4. The molecule has 0 fully saturated rings. The Labute approximate surface area is 73.0 Å². The van der Waals surface area contributed by atoms with E-state index in [1.165, 1.54) is 11.1 Å². The second-order valence-electron chi connectivity index (χ2n) is 2.40. The van der Waals surface area contributed by atoms with Crippen LogP contribution in [0.2, 0.25) is 0 Å². The van der Waals surface area contributed by atoms with Gasteiger partial charge in [0.1, 0.15) is 0 Å². The lowest BCUT2D eigenvalue weighted by atomic mass is 10.5. The molecule has 0 aromatic rings. The Balaban J connectivity index is 4.07. The minimum absolute atomic E-state index is 0.127. The van der Waals surface area contributed by atoms with Crippen LogP contribution < -0.4 is 5.32 Å². The van der Waals surface area contributed by atoms with Gasteiger partial charge in [0.15, 0.2) is 0 Å². The van der Waals surface area contributed by atoms with Gasteiger partial charge in [0.2, 0.25) is 0 Å². The lowest BCUT2D eigenvalue weighted by Gasteiger charge is -2.23. The largest absolute Gasteiger partial charge is 0.372 e. The summed E-state index contributed by atoms with van der Waals surface area (Å²) in [5.41, 5.74) is 0. The molecule has 0 aromatic heterocycles. The van der Waals surface area contributed by atoms with Crippen molar-refractivity contribution < 1.29 is 4.39 Å². The van der Waals surface area contributed by atoms with Crippen LogP contribution in [0, 0.1) is 0 Å². The van der Waals surface area contributed by atoms with Crippen LogP contribution >= 0.6 is 0 Å². The molecule has 0 spiro atoms. The molecule has 0 bridgehead atoms. The van der Waals surface area contributed by atoms with Crippen molar-refractivity contribution in [1.29, 1.82) is 0 Å². The summed E-state index contributed by atoms with van der Waals surface area (Å²) >= 11 is 0. The van der Waals surface area contributed by atoms with Crippen molar-refractivity contribution in [3.63, 3.8) is 0 Å². The first-order chi connectivity index (χ1) is 5.63. The summed E-state index contributed by atoms with van der Waals surface area (Å²) in [6.07, 6.45) is 0.942. The van der Waals surface area contributed by atoms with Crippen molar-refractivity contribution in [3.8, 4) is 0 Å². The van der Waals surface area contributed by atoms with Gasteiger partial charge in [-0.25, -0.2) is 4.99 Å². The number of nitrogens with one attached hydrogen (secondary N) is 1. The Kier molecular flexibility index (Phi) is 5.08. The fraction of sp³-hybridized carbons (Fsp3) is 0.625. The Bertz CT molecular complexity index is 168. The van der Waals surface area contributed by atoms with Gasteiger partial charge < -0.3 is 10.2 Å². The molecule has 0 aliphatic rings. The van der Waals surface area contributed by atoms with Gasteiger partial charge >= 0.3 is 0 Å². The molecule has 0 amide bonds. The third-order valence-electron chi connectivity index (χ3n) is 1.52. The van der Waals surface area contributed by atoms with Crippen LogP contribution in [-0.4, -0.2) is 30.7 Å². The minimum atomic E-state index is -0.459. The highest BCUT2D eigenvalue weighted by atomic mass is 19.1. The Morgan fingerprint density at radius 3 is 2.83 bits per heavy atom. The normalized spacial score (nSPS) is 13.8. The van der Waals surface area contributed by atoms with Crippen molar-refractivity contribution in [3.05, 3.63) is 12.8 Å². The highest BCUT2D eigenvalue weighted by molar-refractivity contribution is 5.72. The van der Waals surface area contributed by atoms with E-state index in [4.69, 9.17) is 0 Å². The van der Waals surface area contributed by atoms with Crippen LogP contribution in [0.1, 0.15) is 13.8 Å². The summed E-state index contributed by atoms with van der Waals surface area (Å²) in [5, 5.41) is 2.85. The average Bonchev–Trinajstić information content (AvgIpc) is 2.04. The summed E-state index contributed by atoms with van der Waals surface area (Å²) in [6.45, 7) is 7.56. The van der Waals surface area contributed by atoms with Gasteiger partial charge in [-0.05, 0) is 20.0 Å². The number of hydrogen-bond donors (Lipinski definition) is 1. The molecule has 0 saturated carbocycles.